The van der Waals surface area contributed by atoms with Crippen molar-refractivity contribution in [2.45, 2.75) is 18.9 Å². The number of ether oxygens (including phenoxy) is 1. The van der Waals surface area contributed by atoms with E-state index in [1.165, 1.54) is 4.31 Å². The van der Waals surface area contributed by atoms with Gasteiger partial charge in [-0.25, -0.2) is 8.42 Å². The van der Waals surface area contributed by atoms with Crippen LogP contribution >= 0.6 is 0 Å². The Hall–Kier alpha value is -0.660. The van der Waals surface area contributed by atoms with Gasteiger partial charge < -0.3 is 10.1 Å². The molecule has 1 rings (SSSR count). The molecule has 1 heterocycles. The van der Waals surface area contributed by atoms with Gasteiger partial charge in [-0.05, 0) is 12.8 Å². The maximum atomic E-state index is 11.7. The molecule has 7 heteroatoms. The summed E-state index contributed by atoms with van der Waals surface area (Å²) in [6.07, 6.45) is 2.45. The molecule has 0 saturated carbocycles. The second-order valence-electron chi connectivity index (χ2n) is 3.82. The minimum atomic E-state index is -3.29. The highest BCUT2D eigenvalue weighted by Gasteiger charge is 2.36. The van der Waals surface area contributed by atoms with Crippen molar-refractivity contribution in [1.82, 2.24) is 9.62 Å². The van der Waals surface area contributed by atoms with Gasteiger partial charge >= 0.3 is 0 Å². The topological polar surface area (TPSA) is 75.7 Å². The summed E-state index contributed by atoms with van der Waals surface area (Å²) in [5.41, 5.74) is 0. The van der Waals surface area contributed by atoms with Crippen molar-refractivity contribution in [3.63, 3.8) is 0 Å². The summed E-state index contributed by atoms with van der Waals surface area (Å²) < 4.78 is 28.9. The fourth-order valence-corrected chi connectivity index (χ4v) is 2.92. The monoisotopic (exact) mass is 250 g/mol. The SMILES string of the molecule is COCCNC(=O)C1CCCN1S(C)(=O)=O. The lowest BCUT2D eigenvalue weighted by Crippen LogP contribution is -2.46. The van der Waals surface area contributed by atoms with E-state index in [-0.39, 0.29) is 5.91 Å². The van der Waals surface area contributed by atoms with Crippen molar-refractivity contribution in [2.75, 3.05) is 33.1 Å². The van der Waals surface area contributed by atoms with Crippen molar-refractivity contribution in [1.29, 1.82) is 0 Å². The molecule has 0 bridgehead atoms. The molecule has 0 spiro atoms. The number of amides is 1. The molecule has 1 atom stereocenters. The molecular weight excluding hydrogens is 232 g/mol. The molecule has 0 radical (unpaired) electrons. The molecule has 6 nitrogen and oxygen atoms in total. The summed E-state index contributed by atoms with van der Waals surface area (Å²) in [5, 5.41) is 2.66. The molecule has 0 aromatic rings. The Morgan fingerprint density at radius 1 is 1.56 bits per heavy atom. The number of nitrogens with zero attached hydrogens (tertiary/aromatic N) is 1. The van der Waals surface area contributed by atoms with Crippen LogP contribution in [0, 0.1) is 0 Å². The molecule has 94 valence electrons. The Balaban J connectivity index is 2.55. The number of methoxy groups -OCH3 is 1. The second-order valence-corrected chi connectivity index (χ2v) is 5.75. The molecule has 0 aromatic heterocycles. The van der Waals surface area contributed by atoms with Gasteiger partial charge in [-0.1, -0.05) is 0 Å². The van der Waals surface area contributed by atoms with Crippen LogP contribution in [0.25, 0.3) is 0 Å². The molecule has 1 fully saturated rings. The first-order valence-electron chi connectivity index (χ1n) is 5.20. The third-order valence-electron chi connectivity index (χ3n) is 2.54. The zero-order chi connectivity index (χ0) is 12.2. The smallest absolute Gasteiger partial charge is 0.238 e. The van der Waals surface area contributed by atoms with Crippen LogP contribution in [-0.2, 0) is 19.6 Å². The maximum absolute atomic E-state index is 11.7. The molecular formula is C9H18N2O4S. The molecule has 1 aliphatic heterocycles. The molecule has 1 N–H and O–H groups in total. The number of hydrogen-bond donors (Lipinski definition) is 1. The van der Waals surface area contributed by atoms with Gasteiger partial charge in [0.2, 0.25) is 15.9 Å². The summed E-state index contributed by atoms with van der Waals surface area (Å²) in [6.45, 7) is 1.27. The van der Waals surface area contributed by atoms with Crippen LogP contribution in [-0.4, -0.2) is 57.7 Å². The number of carbonyl (C=O) groups excluding carboxylic acids is 1. The molecule has 0 aliphatic carbocycles. The van der Waals surface area contributed by atoms with E-state index in [4.69, 9.17) is 4.74 Å². The van der Waals surface area contributed by atoms with Gasteiger partial charge in [0.25, 0.3) is 0 Å². The minimum absolute atomic E-state index is 0.236. The van der Waals surface area contributed by atoms with Crippen LogP contribution < -0.4 is 5.32 Å². The van der Waals surface area contributed by atoms with Crippen molar-refractivity contribution < 1.29 is 17.9 Å². The van der Waals surface area contributed by atoms with E-state index >= 15 is 0 Å². The largest absolute Gasteiger partial charge is 0.383 e. The zero-order valence-corrected chi connectivity index (χ0v) is 10.4. The van der Waals surface area contributed by atoms with Crippen LogP contribution in [0.4, 0.5) is 0 Å². The summed E-state index contributed by atoms with van der Waals surface area (Å²) in [5.74, 6) is -0.236. The fourth-order valence-electron chi connectivity index (χ4n) is 1.79. The lowest BCUT2D eigenvalue weighted by atomic mass is 10.2. The first-order valence-corrected chi connectivity index (χ1v) is 7.05. The van der Waals surface area contributed by atoms with Crippen molar-refractivity contribution >= 4 is 15.9 Å². The van der Waals surface area contributed by atoms with E-state index < -0.39 is 16.1 Å². The second kappa shape index (κ2) is 5.60. The number of rotatable bonds is 5. The molecule has 0 aromatic carbocycles. The number of carbonyl (C=O) groups is 1. The van der Waals surface area contributed by atoms with E-state index in [0.717, 1.165) is 12.7 Å². The Bertz CT molecular complexity index is 341. The van der Waals surface area contributed by atoms with Crippen molar-refractivity contribution in [3.05, 3.63) is 0 Å². The molecule has 1 aliphatic rings. The van der Waals surface area contributed by atoms with E-state index in [2.05, 4.69) is 5.32 Å². The fraction of sp³-hybridized carbons (Fsp3) is 0.889. The highest BCUT2D eigenvalue weighted by Crippen LogP contribution is 2.20. The highest BCUT2D eigenvalue weighted by molar-refractivity contribution is 7.88. The lowest BCUT2D eigenvalue weighted by molar-refractivity contribution is -0.124. The Labute approximate surface area is 96.0 Å². The Morgan fingerprint density at radius 2 is 2.25 bits per heavy atom. The van der Waals surface area contributed by atoms with Crippen LogP contribution in [0.5, 0.6) is 0 Å². The quantitative estimate of drug-likeness (QED) is 0.646. The molecule has 16 heavy (non-hydrogen) atoms. The zero-order valence-electron chi connectivity index (χ0n) is 9.60. The van der Waals surface area contributed by atoms with E-state index in [0.29, 0.717) is 26.1 Å². The van der Waals surface area contributed by atoms with E-state index in [1.54, 1.807) is 7.11 Å². The third kappa shape index (κ3) is 3.43. The minimum Gasteiger partial charge on any atom is -0.383 e. The number of sulfonamides is 1. The van der Waals surface area contributed by atoms with Gasteiger partial charge in [-0.3, -0.25) is 4.79 Å². The van der Waals surface area contributed by atoms with Gasteiger partial charge in [0.05, 0.1) is 12.9 Å². The predicted molar refractivity (Wildman–Crippen MR) is 59.5 cm³/mol. The number of nitrogens with one attached hydrogen (secondary N) is 1. The van der Waals surface area contributed by atoms with Gasteiger partial charge in [0.1, 0.15) is 6.04 Å². The summed E-state index contributed by atoms with van der Waals surface area (Å²) in [4.78, 5) is 11.7. The number of hydrogen-bond acceptors (Lipinski definition) is 4. The van der Waals surface area contributed by atoms with Crippen LogP contribution in [0.1, 0.15) is 12.8 Å². The van der Waals surface area contributed by atoms with Crippen LogP contribution in [0.15, 0.2) is 0 Å². The Morgan fingerprint density at radius 3 is 2.81 bits per heavy atom. The highest BCUT2D eigenvalue weighted by atomic mass is 32.2. The predicted octanol–water partition coefficient (Wildman–Crippen LogP) is -0.827. The molecule has 1 saturated heterocycles. The third-order valence-corrected chi connectivity index (χ3v) is 3.83. The summed E-state index contributed by atoms with van der Waals surface area (Å²) >= 11 is 0. The van der Waals surface area contributed by atoms with Gasteiger partial charge in [0, 0.05) is 20.2 Å². The average molecular weight is 250 g/mol. The molecule has 1 unspecified atom stereocenters. The maximum Gasteiger partial charge on any atom is 0.238 e. The van der Waals surface area contributed by atoms with Gasteiger partial charge in [-0.2, -0.15) is 4.31 Å². The van der Waals surface area contributed by atoms with E-state index in [9.17, 15) is 13.2 Å². The Kier molecular flexibility index (Phi) is 4.69. The van der Waals surface area contributed by atoms with Crippen molar-refractivity contribution in [2.24, 2.45) is 0 Å². The van der Waals surface area contributed by atoms with Crippen molar-refractivity contribution in [3.8, 4) is 0 Å². The standard InChI is InChI=1S/C9H18N2O4S/c1-15-7-5-10-9(12)8-4-3-6-11(8)16(2,13)14/h8H,3-7H2,1-2H3,(H,10,12). The van der Waals surface area contributed by atoms with E-state index in [1.807, 2.05) is 0 Å². The summed E-state index contributed by atoms with van der Waals surface area (Å²) in [6, 6.07) is -0.549. The summed E-state index contributed by atoms with van der Waals surface area (Å²) in [7, 11) is -1.74. The van der Waals surface area contributed by atoms with Crippen LogP contribution in [0.3, 0.4) is 0 Å². The molecule has 1 amide bonds. The van der Waals surface area contributed by atoms with Gasteiger partial charge in [-0.15, -0.1) is 0 Å². The lowest BCUT2D eigenvalue weighted by Gasteiger charge is -2.21. The van der Waals surface area contributed by atoms with Gasteiger partial charge in [0.15, 0.2) is 0 Å². The normalized spacial score (nSPS) is 22.2. The van der Waals surface area contributed by atoms with Crippen LogP contribution in [0.2, 0.25) is 0 Å². The average Bonchev–Trinajstić information content (AvgIpc) is 2.65. The first kappa shape index (κ1) is 13.4. The first-order chi connectivity index (χ1) is 7.46.